The predicted octanol–water partition coefficient (Wildman–Crippen LogP) is 3.16. The quantitative estimate of drug-likeness (QED) is 0.186. The van der Waals surface area contributed by atoms with Gasteiger partial charge in [-0.15, -0.1) is 24.0 Å². The van der Waals surface area contributed by atoms with E-state index < -0.39 is 0 Å². The molecule has 29 heavy (non-hydrogen) atoms. The highest BCUT2D eigenvalue weighted by atomic mass is 127. The normalized spacial score (nSPS) is 11.2. The SMILES string of the molecule is CCNC(=NCCCOCCOC)NCCc1nc(-c2ccc(Cl)cc2)no1.I. The van der Waals surface area contributed by atoms with Crippen molar-refractivity contribution in [2.24, 2.45) is 4.99 Å². The second-order valence-corrected chi connectivity index (χ2v) is 6.35. The molecule has 0 saturated carbocycles. The number of methoxy groups -OCH3 is 1. The summed E-state index contributed by atoms with van der Waals surface area (Å²) in [7, 11) is 1.66. The van der Waals surface area contributed by atoms with Gasteiger partial charge in [0.05, 0.1) is 13.2 Å². The first-order valence-electron chi connectivity index (χ1n) is 9.40. The maximum absolute atomic E-state index is 5.90. The maximum atomic E-state index is 5.90. The van der Waals surface area contributed by atoms with E-state index >= 15 is 0 Å². The van der Waals surface area contributed by atoms with Crippen LogP contribution in [0.2, 0.25) is 5.02 Å². The van der Waals surface area contributed by atoms with Gasteiger partial charge in [0.1, 0.15) is 0 Å². The van der Waals surface area contributed by atoms with Crippen molar-refractivity contribution < 1.29 is 14.0 Å². The van der Waals surface area contributed by atoms with Gasteiger partial charge in [-0.3, -0.25) is 4.99 Å². The van der Waals surface area contributed by atoms with Crippen LogP contribution in [0.5, 0.6) is 0 Å². The number of benzene rings is 1. The fourth-order valence-corrected chi connectivity index (χ4v) is 2.43. The molecular weight excluding hydrogens is 509 g/mol. The molecular formula is C19H29ClIN5O3. The summed E-state index contributed by atoms with van der Waals surface area (Å²) in [5, 5.41) is 11.2. The number of aliphatic imine (C=N–C) groups is 1. The number of aromatic nitrogens is 2. The van der Waals surface area contributed by atoms with Crippen molar-refractivity contribution in [3.8, 4) is 11.4 Å². The topological polar surface area (TPSA) is 93.8 Å². The zero-order valence-corrected chi connectivity index (χ0v) is 19.9. The third-order valence-corrected chi connectivity index (χ3v) is 3.95. The van der Waals surface area contributed by atoms with E-state index in [9.17, 15) is 0 Å². The number of nitrogens with zero attached hydrogens (tertiary/aromatic N) is 3. The van der Waals surface area contributed by atoms with Crippen molar-refractivity contribution in [3.63, 3.8) is 0 Å². The molecule has 10 heteroatoms. The van der Waals surface area contributed by atoms with E-state index in [0.29, 0.717) is 56.1 Å². The summed E-state index contributed by atoms with van der Waals surface area (Å²) in [6, 6.07) is 7.33. The van der Waals surface area contributed by atoms with E-state index in [4.69, 9.17) is 25.6 Å². The third-order valence-electron chi connectivity index (χ3n) is 3.69. The fourth-order valence-electron chi connectivity index (χ4n) is 2.30. The van der Waals surface area contributed by atoms with E-state index in [-0.39, 0.29) is 24.0 Å². The first-order chi connectivity index (χ1) is 13.7. The van der Waals surface area contributed by atoms with Gasteiger partial charge in [-0.1, -0.05) is 16.8 Å². The van der Waals surface area contributed by atoms with Crippen LogP contribution >= 0.6 is 35.6 Å². The lowest BCUT2D eigenvalue weighted by atomic mass is 10.2. The number of halogens is 2. The minimum atomic E-state index is 0. The summed E-state index contributed by atoms with van der Waals surface area (Å²) < 4.78 is 15.7. The van der Waals surface area contributed by atoms with E-state index in [2.05, 4.69) is 25.8 Å². The molecule has 0 unspecified atom stereocenters. The van der Waals surface area contributed by atoms with Crippen molar-refractivity contribution in [1.29, 1.82) is 0 Å². The van der Waals surface area contributed by atoms with Gasteiger partial charge < -0.3 is 24.6 Å². The zero-order chi connectivity index (χ0) is 20.0. The summed E-state index contributed by atoms with van der Waals surface area (Å²) in [6.45, 7) is 6.03. The minimum Gasteiger partial charge on any atom is -0.382 e. The third kappa shape index (κ3) is 10.2. The lowest BCUT2D eigenvalue weighted by Crippen LogP contribution is -2.38. The molecule has 0 radical (unpaired) electrons. The van der Waals surface area contributed by atoms with Gasteiger partial charge in [-0.2, -0.15) is 4.98 Å². The molecule has 0 aliphatic carbocycles. The first-order valence-corrected chi connectivity index (χ1v) is 9.78. The lowest BCUT2D eigenvalue weighted by molar-refractivity contribution is 0.0702. The van der Waals surface area contributed by atoms with Crippen molar-refractivity contribution in [2.45, 2.75) is 19.8 Å². The van der Waals surface area contributed by atoms with Crippen molar-refractivity contribution >= 4 is 41.5 Å². The Bertz CT molecular complexity index is 712. The van der Waals surface area contributed by atoms with Crippen LogP contribution in [0.4, 0.5) is 0 Å². The number of ether oxygens (including phenoxy) is 2. The van der Waals surface area contributed by atoms with Gasteiger partial charge in [0.2, 0.25) is 11.7 Å². The molecule has 1 aromatic heterocycles. The van der Waals surface area contributed by atoms with Crippen LogP contribution in [0.3, 0.4) is 0 Å². The molecule has 2 rings (SSSR count). The Balaban J connectivity index is 0.00000420. The molecule has 0 spiro atoms. The van der Waals surface area contributed by atoms with Crippen LogP contribution in [0, 0.1) is 0 Å². The van der Waals surface area contributed by atoms with Crippen LogP contribution in [-0.4, -0.2) is 62.7 Å². The Morgan fingerprint density at radius 1 is 1.17 bits per heavy atom. The standard InChI is InChI=1S/C19H28ClN5O3.HI/c1-3-21-19(22-10-4-12-27-14-13-26-2)23-11-9-17-24-18(25-28-17)15-5-7-16(20)8-6-15;/h5-8H,3-4,9-14H2,1-2H3,(H2,21,22,23);1H. The number of hydrogen-bond acceptors (Lipinski definition) is 6. The Morgan fingerprint density at radius 3 is 2.69 bits per heavy atom. The summed E-state index contributed by atoms with van der Waals surface area (Å²) in [6.07, 6.45) is 1.46. The highest BCUT2D eigenvalue weighted by Crippen LogP contribution is 2.18. The fraction of sp³-hybridized carbons (Fsp3) is 0.526. The average Bonchev–Trinajstić information content (AvgIpc) is 3.16. The van der Waals surface area contributed by atoms with Crippen LogP contribution in [-0.2, 0) is 15.9 Å². The van der Waals surface area contributed by atoms with Crippen molar-refractivity contribution in [3.05, 3.63) is 35.2 Å². The summed E-state index contributed by atoms with van der Waals surface area (Å²) in [5.74, 6) is 1.89. The molecule has 0 bridgehead atoms. The molecule has 2 aromatic rings. The Kier molecular flexibility index (Phi) is 13.6. The molecule has 0 saturated heterocycles. The van der Waals surface area contributed by atoms with Gasteiger partial charge in [0, 0.05) is 50.4 Å². The van der Waals surface area contributed by atoms with E-state index in [1.165, 1.54) is 0 Å². The molecule has 0 aliphatic heterocycles. The monoisotopic (exact) mass is 537 g/mol. The van der Waals surface area contributed by atoms with E-state index in [1.807, 2.05) is 19.1 Å². The first kappa shape index (κ1) is 25.6. The van der Waals surface area contributed by atoms with Gasteiger partial charge in [-0.25, -0.2) is 0 Å². The van der Waals surface area contributed by atoms with E-state index in [1.54, 1.807) is 19.2 Å². The molecule has 8 nitrogen and oxygen atoms in total. The molecule has 1 aromatic carbocycles. The molecule has 1 heterocycles. The molecule has 0 fully saturated rings. The Morgan fingerprint density at radius 2 is 1.97 bits per heavy atom. The van der Waals surface area contributed by atoms with Crippen molar-refractivity contribution in [1.82, 2.24) is 20.8 Å². The molecule has 162 valence electrons. The van der Waals surface area contributed by atoms with Gasteiger partial charge in [-0.05, 0) is 37.6 Å². The number of rotatable bonds is 12. The number of guanidine groups is 1. The van der Waals surface area contributed by atoms with Crippen LogP contribution in [0.15, 0.2) is 33.8 Å². The molecule has 2 N–H and O–H groups in total. The Labute approximate surface area is 193 Å². The second kappa shape index (κ2) is 15.4. The van der Waals surface area contributed by atoms with Crippen LogP contribution < -0.4 is 10.6 Å². The predicted molar refractivity (Wildman–Crippen MR) is 125 cm³/mol. The summed E-state index contributed by atoms with van der Waals surface area (Å²) >= 11 is 5.90. The minimum absolute atomic E-state index is 0. The second-order valence-electron chi connectivity index (χ2n) is 5.91. The maximum Gasteiger partial charge on any atom is 0.228 e. The van der Waals surface area contributed by atoms with Crippen molar-refractivity contribution in [2.75, 3.05) is 46.6 Å². The van der Waals surface area contributed by atoms with Gasteiger partial charge >= 0.3 is 0 Å². The lowest BCUT2D eigenvalue weighted by Gasteiger charge is -2.10. The van der Waals surface area contributed by atoms with Crippen LogP contribution in [0.25, 0.3) is 11.4 Å². The molecule has 0 aliphatic rings. The smallest absolute Gasteiger partial charge is 0.228 e. The molecule has 0 atom stereocenters. The largest absolute Gasteiger partial charge is 0.382 e. The van der Waals surface area contributed by atoms with E-state index in [0.717, 1.165) is 24.5 Å². The summed E-state index contributed by atoms with van der Waals surface area (Å²) in [5.41, 5.74) is 0.870. The number of nitrogens with one attached hydrogen (secondary N) is 2. The summed E-state index contributed by atoms with van der Waals surface area (Å²) in [4.78, 5) is 8.94. The zero-order valence-electron chi connectivity index (χ0n) is 16.8. The Hall–Kier alpha value is -1.43. The number of hydrogen-bond donors (Lipinski definition) is 2. The van der Waals surface area contributed by atoms with Crippen LogP contribution in [0.1, 0.15) is 19.2 Å². The van der Waals surface area contributed by atoms with Gasteiger partial charge in [0.25, 0.3) is 0 Å². The average molecular weight is 538 g/mol. The highest BCUT2D eigenvalue weighted by molar-refractivity contribution is 14.0. The highest BCUT2D eigenvalue weighted by Gasteiger charge is 2.08. The van der Waals surface area contributed by atoms with Gasteiger partial charge in [0.15, 0.2) is 5.96 Å². The molecule has 0 amide bonds.